The van der Waals surface area contributed by atoms with E-state index in [1.165, 1.54) is 6.21 Å². The van der Waals surface area contributed by atoms with Crippen molar-refractivity contribution in [1.29, 1.82) is 0 Å². The van der Waals surface area contributed by atoms with Crippen LogP contribution in [0, 0.1) is 0 Å². The molecule has 10 heteroatoms. The summed E-state index contributed by atoms with van der Waals surface area (Å²) in [6, 6.07) is 8.02. The number of unbranched alkanes of at least 4 members (excludes halogenated alkanes) is 2. The number of hydrazine groups is 1. The number of rotatable bonds is 15. The van der Waals surface area contributed by atoms with Crippen molar-refractivity contribution in [2.75, 3.05) is 33.4 Å². The van der Waals surface area contributed by atoms with Crippen LogP contribution >= 0.6 is 0 Å². The lowest BCUT2D eigenvalue weighted by Crippen LogP contribution is -2.37. The molecule has 1 fully saturated rings. The molecule has 1 aliphatic heterocycles. The Labute approximate surface area is 219 Å². The Kier molecular flexibility index (Phi) is 11.9. The standard InChI is InChI=1S/C27H41FN8O/c1-4-10-27(36-25-12-8-7-11-24(25)32-33-36)26(34(3)29)13-6-5-9-18-37-23-14-16-35(17-15-23)21-31-20-22(28)19-30-2/h7-8,11-12,19-20,23H,2,4-6,9-10,13-18,21,29H2,1,3H3/b22-19+,27-26+,31-20?. The molecule has 0 atom stereocenters. The smallest absolute Gasteiger partial charge is 0.159 e. The number of hydrogen-bond acceptors (Lipinski definition) is 8. The molecule has 0 amide bonds. The monoisotopic (exact) mass is 512 g/mol. The zero-order valence-corrected chi connectivity index (χ0v) is 22.2. The Morgan fingerprint density at radius 2 is 2.03 bits per heavy atom. The van der Waals surface area contributed by atoms with Gasteiger partial charge in [-0.2, -0.15) is 0 Å². The quantitative estimate of drug-likeness (QED) is 0.160. The van der Waals surface area contributed by atoms with E-state index >= 15 is 0 Å². The van der Waals surface area contributed by atoms with Gasteiger partial charge in [-0.05, 0) is 57.4 Å². The zero-order valence-electron chi connectivity index (χ0n) is 22.2. The van der Waals surface area contributed by atoms with E-state index in [0.29, 0.717) is 6.67 Å². The lowest BCUT2D eigenvalue weighted by atomic mass is 10.1. The Balaban J connectivity index is 1.41. The maximum absolute atomic E-state index is 13.2. The van der Waals surface area contributed by atoms with Gasteiger partial charge in [-0.3, -0.25) is 14.9 Å². The summed E-state index contributed by atoms with van der Waals surface area (Å²) >= 11 is 0. The van der Waals surface area contributed by atoms with Gasteiger partial charge in [-0.1, -0.05) is 37.1 Å². The summed E-state index contributed by atoms with van der Waals surface area (Å²) in [5.41, 5.74) is 4.11. The maximum atomic E-state index is 13.2. The summed E-state index contributed by atoms with van der Waals surface area (Å²) < 4.78 is 21.3. The van der Waals surface area contributed by atoms with Crippen LogP contribution in [0.15, 0.2) is 52.0 Å². The number of aliphatic imine (C=N–C) groups is 2. The number of hydrogen-bond donors (Lipinski definition) is 1. The van der Waals surface area contributed by atoms with Gasteiger partial charge in [0.2, 0.25) is 0 Å². The molecule has 3 rings (SSSR count). The van der Waals surface area contributed by atoms with E-state index in [9.17, 15) is 4.39 Å². The van der Waals surface area contributed by atoms with Gasteiger partial charge >= 0.3 is 0 Å². The summed E-state index contributed by atoms with van der Waals surface area (Å²) in [5.74, 6) is 5.79. The number of halogens is 1. The van der Waals surface area contributed by atoms with E-state index < -0.39 is 5.83 Å². The van der Waals surface area contributed by atoms with Crippen molar-refractivity contribution in [3.8, 4) is 0 Å². The molecule has 1 aromatic heterocycles. The molecule has 2 heterocycles. The molecule has 2 N–H and O–H groups in total. The molecule has 0 spiro atoms. The fraction of sp³-hybridized carbons (Fsp3) is 0.556. The molecule has 202 valence electrons. The summed E-state index contributed by atoms with van der Waals surface area (Å²) in [6.07, 6.45) is 10.4. The van der Waals surface area contributed by atoms with Crippen LogP contribution in [0.2, 0.25) is 0 Å². The van der Waals surface area contributed by atoms with Crippen LogP contribution in [0.3, 0.4) is 0 Å². The van der Waals surface area contributed by atoms with Crippen LogP contribution in [-0.2, 0) is 4.74 Å². The van der Waals surface area contributed by atoms with E-state index in [1.807, 2.05) is 36.0 Å². The molecule has 2 aromatic rings. The molecule has 0 bridgehead atoms. The van der Waals surface area contributed by atoms with Crippen molar-refractivity contribution < 1.29 is 9.13 Å². The van der Waals surface area contributed by atoms with Crippen LogP contribution in [0.4, 0.5) is 4.39 Å². The number of nitrogens with zero attached hydrogens (tertiary/aromatic N) is 7. The molecule has 0 saturated carbocycles. The van der Waals surface area contributed by atoms with Crippen molar-refractivity contribution in [2.45, 2.75) is 64.4 Å². The first-order valence-corrected chi connectivity index (χ1v) is 13.2. The molecule has 9 nitrogen and oxygen atoms in total. The molecule has 37 heavy (non-hydrogen) atoms. The minimum absolute atomic E-state index is 0.282. The van der Waals surface area contributed by atoms with E-state index in [4.69, 9.17) is 10.6 Å². The highest BCUT2D eigenvalue weighted by molar-refractivity contribution is 5.78. The van der Waals surface area contributed by atoms with E-state index in [-0.39, 0.29) is 6.10 Å². The maximum Gasteiger partial charge on any atom is 0.159 e. The third-order valence-electron chi connectivity index (χ3n) is 6.51. The lowest BCUT2D eigenvalue weighted by molar-refractivity contribution is 0.00655. The number of aromatic nitrogens is 3. The first-order valence-electron chi connectivity index (χ1n) is 13.2. The number of piperidine rings is 1. The van der Waals surface area contributed by atoms with Gasteiger partial charge in [0.25, 0.3) is 0 Å². The minimum atomic E-state index is -0.484. The minimum Gasteiger partial charge on any atom is -0.378 e. The first-order chi connectivity index (χ1) is 18.0. The van der Waals surface area contributed by atoms with Crippen molar-refractivity contribution in [1.82, 2.24) is 24.9 Å². The Hall–Kier alpha value is -2.95. The molecule has 1 aliphatic rings. The zero-order chi connectivity index (χ0) is 26.5. The third kappa shape index (κ3) is 8.84. The highest BCUT2D eigenvalue weighted by Gasteiger charge is 2.19. The summed E-state index contributed by atoms with van der Waals surface area (Å²) in [5, 5.41) is 10.5. The number of benzene rings is 1. The Bertz CT molecular complexity index is 1070. The lowest BCUT2D eigenvalue weighted by Gasteiger charge is -2.30. The fourth-order valence-corrected chi connectivity index (χ4v) is 4.60. The molecule has 0 radical (unpaired) electrons. The van der Waals surface area contributed by atoms with Crippen molar-refractivity contribution in [3.63, 3.8) is 0 Å². The second-order valence-corrected chi connectivity index (χ2v) is 9.39. The average Bonchev–Trinajstić information content (AvgIpc) is 3.32. The highest BCUT2D eigenvalue weighted by Crippen LogP contribution is 2.25. The summed E-state index contributed by atoms with van der Waals surface area (Å²) in [7, 11) is 1.90. The van der Waals surface area contributed by atoms with Crippen molar-refractivity contribution >= 4 is 29.7 Å². The van der Waals surface area contributed by atoms with E-state index in [1.54, 1.807) is 5.01 Å². The van der Waals surface area contributed by atoms with Gasteiger partial charge in [-0.25, -0.2) is 14.9 Å². The van der Waals surface area contributed by atoms with Gasteiger partial charge < -0.3 is 9.75 Å². The van der Waals surface area contributed by atoms with Crippen molar-refractivity contribution in [3.05, 3.63) is 42.0 Å². The van der Waals surface area contributed by atoms with E-state index in [2.05, 4.69) is 38.8 Å². The van der Waals surface area contributed by atoms with Gasteiger partial charge in [-0.15, -0.1) is 5.10 Å². The normalized spacial score (nSPS) is 16.5. The van der Waals surface area contributed by atoms with Crippen LogP contribution in [0.25, 0.3) is 16.7 Å². The fourth-order valence-electron chi connectivity index (χ4n) is 4.60. The van der Waals surface area contributed by atoms with Crippen LogP contribution in [-0.4, -0.2) is 77.4 Å². The van der Waals surface area contributed by atoms with Crippen LogP contribution in [0.5, 0.6) is 0 Å². The topological polar surface area (TPSA) is 97.2 Å². The molecule has 1 saturated heterocycles. The predicted octanol–water partition coefficient (Wildman–Crippen LogP) is 4.79. The second-order valence-electron chi connectivity index (χ2n) is 9.39. The number of para-hydroxylation sites is 1. The molecule has 1 aromatic carbocycles. The number of fused-ring (bicyclic) bond motifs is 1. The first kappa shape index (κ1) is 28.6. The largest absolute Gasteiger partial charge is 0.378 e. The second kappa shape index (κ2) is 15.3. The number of nitrogens with two attached hydrogens (primary N) is 1. The number of ether oxygens (including phenoxy) is 1. The molecular weight excluding hydrogens is 471 g/mol. The highest BCUT2D eigenvalue weighted by atomic mass is 19.1. The van der Waals surface area contributed by atoms with Gasteiger partial charge in [0.1, 0.15) is 5.52 Å². The SMILES string of the molecule is C=N/C=C(/F)C=NCN1CCC(OCCCCC/C(=C(/CCC)n2nnc3ccccc32)N(C)N)CC1. The Morgan fingerprint density at radius 1 is 1.24 bits per heavy atom. The van der Waals surface area contributed by atoms with E-state index in [0.717, 1.165) is 99.7 Å². The number of allylic oxidation sites excluding steroid dienone is 3. The van der Waals surface area contributed by atoms with Gasteiger partial charge in [0.05, 0.1) is 42.1 Å². The van der Waals surface area contributed by atoms with Crippen LogP contribution < -0.4 is 5.84 Å². The third-order valence-corrected chi connectivity index (χ3v) is 6.51. The molecular formula is C27H41FN8O. The van der Waals surface area contributed by atoms with Gasteiger partial charge in [0.15, 0.2) is 5.83 Å². The van der Waals surface area contributed by atoms with Crippen molar-refractivity contribution in [2.24, 2.45) is 15.8 Å². The number of likely N-dealkylation sites (tertiary alicyclic amines) is 1. The summed E-state index contributed by atoms with van der Waals surface area (Å²) in [4.78, 5) is 9.71. The van der Waals surface area contributed by atoms with Gasteiger partial charge in [0, 0.05) is 26.7 Å². The molecule has 0 aliphatic carbocycles. The van der Waals surface area contributed by atoms with Crippen LogP contribution in [0.1, 0.15) is 58.3 Å². The Morgan fingerprint density at radius 3 is 2.76 bits per heavy atom. The summed E-state index contributed by atoms with van der Waals surface area (Å²) in [6.45, 7) is 8.46. The predicted molar refractivity (Wildman–Crippen MR) is 149 cm³/mol. The average molecular weight is 513 g/mol. The molecule has 0 unspecified atom stereocenters.